The van der Waals surface area contributed by atoms with Crippen molar-refractivity contribution >= 4 is 17.6 Å². The summed E-state index contributed by atoms with van der Waals surface area (Å²) in [5, 5.41) is 15.2. The summed E-state index contributed by atoms with van der Waals surface area (Å²) in [6.07, 6.45) is 5.93. The van der Waals surface area contributed by atoms with Gasteiger partial charge in [-0.2, -0.15) is 0 Å². The molecule has 1 aliphatic heterocycles. The van der Waals surface area contributed by atoms with Crippen LogP contribution in [0, 0.1) is 5.92 Å². The van der Waals surface area contributed by atoms with Crippen LogP contribution in [0.25, 0.3) is 0 Å². The Kier molecular flexibility index (Phi) is 9.28. The van der Waals surface area contributed by atoms with Crippen LogP contribution >= 0.6 is 0 Å². The molecular weight excluding hydrogens is 472 g/mol. The number of carboxylic acids is 1. The second-order valence-electron chi connectivity index (χ2n) is 9.96. The van der Waals surface area contributed by atoms with Gasteiger partial charge in [0.1, 0.15) is 24.2 Å². The molecule has 2 aromatic rings. The number of methoxy groups -OCH3 is 1. The lowest BCUT2D eigenvalue weighted by atomic mass is 9.78. The molecule has 1 fully saturated rings. The predicted molar refractivity (Wildman–Crippen MR) is 142 cm³/mol. The fourth-order valence-electron chi connectivity index (χ4n) is 5.39. The lowest BCUT2D eigenvalue weighted by Gasteiger charge is -2.36. The minimum Gasteiger partial charge on any atom is -0.491 e. The number of hydrogen-bond donors (Lipinski definition) is 3. The van der Waals surface area contributed by atoms with E-state index in [2.05, 4.69) is 23.6 Å². The Morgan fingerprint density at radius 1 is 1.08 bits per heavy atom. The zero-order chi connectivity index (χ0) is 26.2. The number of rotatable bonds is 12. The number of carboxylic acid groups (broad SMARTS) is 1. The number of amides is 1. The molecule has 3 N–H and O–H groups in total. The first-order chi connectivity index (χ1) is 18.0. The van der Waals surface area contributed by atoms with Crippen LogP contribution in [0.2, 0.25) is 0 Å². The van der Waals surface area contributed by atoms with E-state index in [1.165, 1.54) is 19.3 Å². The minimum absolute atomic E-state index is 0.0219. The van der Waals surface area contributed by atoms with E-state index in [0.29, 0.717) is 24.7 Å². The molecule has 4 rings (SSSR count). The third kappa shape index (κ3) is 6.95. The first-order valence-corrected chi connectivity index (χ1v) is 13.2. The maximum atomic E-state index is 12.3. The Morgan fingerprint density at radius 3 is 2.54 bits per heavy atom. The SMILES string of the molecule is COCCOc1ccc2c(c1)C(C)C(C(Nc1ccc(C(=O)NCCC(=O)O)cc1)C1CCCCC1)O2. The minimum atomic E-state index is -0.936. The topological polar surface area (TPSA) is 106 Å². The highest BCUT2D eigenvalue weighted by Gasteiger charge is 2.41. The molecule has 0 spiro atoms. The van der Waals surface area contributed by atoms with Crippen molar-refractivity contribution in [2.45, 2.75) is 63.5 Å². The molecule has 0 saturated heterocycles. The Bertz CT molecular complexity index is 1050. The lowest BCUT2D eigenvalue weighted by molar-refractivity contribution is -0.136. The molecule has 37 heavy (non-hydrogen) atoms. The summed E-state index contributed by atoms with van der Waals surface area (Å²) >= 11 is 0. The van der Waals surface area contributed by atoms with Crippen LogP contribution < -0.4 is 20.1 Å². The highest BCUT2D eigenvalue weighted by molar-refractivity contribution is 5.94. The number of fused-ring (bicyclic) bond motifs is 1. The van der Waals surface area contributed by atoms with Crippen LogP contribution in [0.15, 0.2) is 42.5 Å². The van der Waals surface area contributed by atoms with Gasteiger partial charge in [-0.15, -0.1) is 0 Å². The fraction of sp³-hybridized carbons (Fsp3) is 0.517. The molecule has 0 radical (unpaired) electrons. The van der Waals surface area contributed by atoms with Gasteiger partial charge in [0, 0.05) is 36.4 Å². The fourth-order valence-corrected chi connectivity index (χ4v) is 5.39. The second kappa shape index (κ2) is 12.8. The Balaban J connectivity index is 1.47. The number of carbonyl (C=O) groups is 2. The number of nitrogens with one attached hydrogen (secondary N) is 2. The summed E-state index contributed by atoms with van der Waals surface area (Å²) in [6, 6.07) is 13.5. The van der Waals surface area contributed by atoms with Crippen LogP contribution in [0.1, 0.15) is 67.3 Å². The van der Waals surface area contributed by atoms with Gasteiger partial charge in [-0.05, 0) is 61.2 Å². The van der Waals surface area contributed by atoms with Gasteiger partial charge >= 0.3 is 5.97 Å². The van der Waals surface area contributed by atoms with E-state index in [0.717, 1.165) is 35.6 Å². The van der Waals surface area contributed by atoms with Crippen molar-refractivity contribution in [1.82, 2.24) is 5.32 Å². The van der Waals surface area contributed by atoms with Crippen molar-refractivity contribution in [2.75, 3.05) is 32.2 Å². The molecule has 1 aliphatic carbocycles. The van der Waals surface area contributed by atoms with Crippen molar-refractivity contribution < 1.29 is 28.9 Å². The molecule has 8 nitrogen and oxygen atoms in total. The van der Waals surface area contributed by atoms with E-state index in [1.54, 1.807) is 19.2 Å². The maximum absolute atomic E-state index is 12.3. The van der Waals surface area contributed by atoms with Crippen molar-refractivity contribution in [1.29, 1.82) is 0 Å². The standard InChI is InChI=1S/C29H38N2O6/c1-19-24-18-23(36-17-16-35-2)12-13-25(24)37-28(19)27(20-6-4-3-5-7-20)31-22-10-8-21(9-11-22)29(34)30-15-14-26(32)33/h8-13,18-20,27-28,31H,3-7,14-17H2,1-2H3,(H,30,34)(H,32,33). The van der Waals surface area contributed by atoms with Crippen LogP contribution in [0.3, 0.4) is 0 Å². The predicted octanol–water partition coefficient (Wildman–Crippen LogP) is 4.84. The van der Waals surface area contributed by atoms with Crippen LogP contribution in [0.5, 0.6) is 11.5 Å². The normalized spacial score (nSPS) is 19.9. The largest absolute Gasteiger partial charge is 0.491 e. The van der Waals surface area contributed by atoms with Crippen molar-refractivity contribution in [3.8, 4) is 11.5 Å². The molecule has 1 saturated carbocycles. The Morgan fingerprint density at radius 2 is 1.84 bits per heavy atom. The molecule has 0 bridgehead atoms. The summed E-state index contributed by atoms with van der Waals surface area (Å²) in [4.78, 5) is 23.0. The van der Waals surface area contributed by atoms with Gasteiger partial charge < -0.3 is 30.0 Å². The molecule has 3 atom stereocenters. The first-order valence-electron chi connectivity index (χ1n) is 13.2. The Hall–Kier alpha value is -3.26. The van der Waals surface area contributed by atoms with E-state index in [9.17, 15) is 9.59 Å². The van der Waals surface area contributed by atoms with Crippen molar-refractivity contribution in [2.24, 2.45) is 5.92 Å². The third-order valence-corrected chi connectivity index (χ3v) is 7.40. The van der Waals surface area contributed by atoms with E-state index in [4.69, 9.17) is 19.3 Å². The average molecular weight is 511 g/mol. The maximum Gasteiger partial charge on any atom is 0.305 e. The van der Waals surface area contributed by atoms with Gasteiger partial charge in [-0.1, -0.05) is 26.2 Å². The van der Waals surface area contributed by atoms with E-state index in [-0.39, 0.29) is 36.9 Å². The zero-order valence-electron chi connectivity index (χ0n) is 21.7. The number of carbonyl (C=O) groups excluding carboxylic acids is 1. The molecule has 2 aromatic carbocycles. The summed E-state index contributed by atoms with van der Waals surface area (Å²) in [5.74, 6) is 1.21. The third-order valence-electron chi connectivity index (χ3n) is 7.40. The highest BCUT2D eigenvalue weighted by Crippen LogP contribution is 2.44. The zero-order valence-corrected chi connectivity index (χ0v) is 21.7. The smallest absolute Gasteiger partial charge is 0.305 e. The van der Waals surface area contributed by atoms with Crippen LogP contribution in [0.4, 0.5) is 5.69 Å². The van der Waals surface area contributed by atoms with Crippen molar-refractivity contribution in [3.63, 3.8) is 0 Å². The van der Waals surface area contributed by atoms with Crippen molar-refractivity contribution in [3.05, 3.63) is 53.6 Å². The quantitative estimate of drug-likeness (QED) is 0.351. The highest BCUT2D eigenvalue weighted by atomic mass is 16.5. The summed E-state index contributed by atoms with van der Waals surface area (Å²) in [5.41, 5.74) is 2.60. The van der Waals surface area contributed by atoms with Gasteiger partial charge in [-0.3, -0.25) is 9.59 Å². The first kappa shape index (κ1) is 26.8. The molecule has 3 unspecified atom stereocenters. The van der Waals surface area contributed by atoms with Gasteiger partial charge in [-0.25, -0.2) is 0 Å². The number of anilines is 1. The lowest BCUT2D eigenvalue weighted by Crippen LogP contribution is -2.44. The molecule has 1 amide bonds. The molecule has 8 heteroatoms. The van der Waals surface area contributed by atoms with Gasteiger partial charge in [0.2, 0.25) is 0 Å². The van der Waals surface area contributed by atoms with Crippen LogP contribution in [-0.2, 0) is 9.53 Å². The second-order valence-corrected chi connectivity index (χ2v) is 9.96. The summed E-state index contributed by atoms with van der Waals surface area (Å²) in [6.45, 7) is 3.38. The van der Waals surface area contributed by atoms with Crippen LogP contribution in [-0.4, -0.2) is 56.0 Å². The number of hydrogen-bond acceptors (Lipinski definition) is 6. The monoisotopic (exact) mass is 510 g/mol. The molecule has 2 aliphatic rings. The van der Waals surface area contributed by atoms with Gasteiger partial charge in [0.15, 0.2) is 0 Å². The van der Waals surface area contributed by atoms with Gasteiger partial charge in [0.25, 0.3) is 5.91 Å². The molecule has 200 valence electrons. The number of benzene rings is 2. The average Bonchev–Trinajstić information content (AvgIpc) is 3.23. The summed E-state index contributed by atoms with van der Waals surface area (Å²) in [7, 11) is 1.66. The molecule has 1 heterocycles. The van der Waals surface area contributed by atoms with E-state index < -0.39 is 5.97 Å². The molecule has 0 aromatic heterocycles. The molecular formula is C29H38N2O6. The number of ether oxygens (including phenoxy) is 3. The Labute approximate surface area is 218 Å². The van der Waals surface area contributed by atoms with Gasteiger partial charge in [0.05, 0.1) is 19.1 Å². The number of aliphatic carboxylic acids is 1. The summed E-state index contributed by atoms with van der Waals surface area (Å²) < 4.78 is 17.5. The van der Waals surface area contributed by atoms with E-state index in [1.807, 2.05) is 24.3 Å². The van der Waals surface area contributed by atoms with E-state index >= 15 is 0 Å².